The summed E-state index contributed by atoms with van der Waals surface area (Å²) in [4.78, 5) is 0. The summed E-state index contributed by atoms with van der Waals surface area (Å²) in [7, 11) is 1.72. The van der Waals surface area contributed by atoms with Crippen LogP contribution in [-0.2, 0) is 11.3 Å². The fraction of sp³-hybridized carbons (Fsp3) is 0.571. The molecule has 0 fully saturated rings. The summed E-state index contributed by atoms with van der Waals surface area (Å²) in [6, 6.07) is 3.90. The fourth-order valence-electron chi connectivity index (χ4n) is 2.07. The second kappa shape index (κ2) is 6.98. The summed E-state index contributed by atoms with van der Waals surface area (Å²) in [6.07, 6.45) is 0. The zero-order chi connectivity index (χ0) is 13.7. The van der Waals surface area contributed by atoms with Gasteiger partial charge in [0.1, 0.15) is 13.2 Å². The Labute approximate surface area is 119 Å². The Morgan fingerprint density at radius 3 is 2.95 bits per heavy atom. The molecule has 0 aromatic heterocycles. The van der Waals surface area contributed by atoms with Crippen LogP contribution in [0.4, 0.5) is 0 Å². The molecule has 0 spiro atoms. The van der Waals surface area contributed by atoms with E-state index in [9.17, 15) is 0 Å². The lowest BCUT2D eigenvalue weighted by Crippen LogP contribution is -2.23. The molecule has 106 valence electrons. The van der Waals surface area contributed by atoms with Gasteiger partial charge in [0.2, 0.25) is 0 Å². The Hall–Kier alpha value is -0.970. The number of nitrogens with one attached hydrogen (secondary N) is 1. The predicted octanol–water partition coefficient (Wildman–Crippen LogP) is 2.48. The van der Waals surface area contributed by atoms with E-state index in [1.807, 2.05) is 12.1 Å². The van der Waals surface area contributed by atoms with E-state index in [0.717, 1.165) is 31.0 Å². The average Bonchev–Trinajstić information content (AvgIpc) is 2.39. The van der Waals surface area contributed by atoms with Crippen molar-refractivity contribution >= 4 is 11.6 Å². The molecule has 0 saturated carbocycles. The molecular formula is C14H20ClNO3. The van der Waals surface area contributed by atoms with Gasteiger partial charge in [0.15, 0.2) is 11.5 Å². The van der Waals surface area contributed by atoms with Crippen molar-refractivity contribution in [2.75, 3.05) is 33.5 Å². The van der Waals surface area contributed by atoms with Crippen LogP contribution in [0.2, 0.25) is 5.02 Å². The monoisotopic (exact) mass is 285 g/mol. The van der Waals surface area contributed by atoms with E-state index >= 15 is 0 Å². The van der Waals surface area contributed by atoms with Crippen molar-refractivity contribution in [3.05, 3.63) is 22.7 Å². The molecular weight excluding hydrogens is 266 g/mol. The van der Waals surface area contributed by atoms with Crippen LogP contribution >= 0.6 is 11.6 Å². The summed E-state index contributed by atoms with van der Waals surface area (Å²) >= 11 is 6.19. The van der Waals surface area contributed by atoms with Crippen molar-refractivity contribution in [1.29, 1.82) is 0 Å². The first kappa shape index (κ1) is 14.4. The Morgan fingerprint density at radius 2 is 2.16 bits per heavy atom. The Bertz CT molecular complexity index is 425. The standard InChI is InChI=1S/C14H20ClNO3/c1-10(9-17-2)7-16-8-11-5-12(15)14-13(6-11)18-3-4-19-14/h5-6,10,16H,3-4,7-9H2,1-2H3. The van der Waals surface area contributed by atoms with Crippen LogP contribution < -0.4 is 14.8 Å². The fourth-order valence-corrected chi connectivity index (χ4v) is 2.36. The van der Waals surface area contributed by atoms with Crippen molar-refractivity contribution in [3.8, 4) is 11.5 Å². The molecule has 0 bridgehead atoms. The molecule has 5 heteroatoms. The van der Waals surface area contributed by atoms with Gasteiger partial charge in [0.05, 0.1) is 5.02 Å². The Balaban J connectivity index is 1.92. The maximum Gasteiger partial charge on any atom is 0.179 e. The summed E-state index contributed by atoms with van der Waals surface area (Å²) in [5, 5.41) is 4.00. The molecule has 1 heterocycles. The molecule has 0 radical (unpaired) electrons. The first-order chi connectivity index (χ1) is 9.20. The summed E-state index contributed by atoms with van der Waals surface area (Å²) in [5.41, 5.74) is 1.10. The maximum absolute atomic E-state index is 6.19. The number of rotatable bonds is 6. The SMILES string of the molecule is COCC(C)CNCc1cc(Cl)c2c(c1)OCCO2. The van der Waals surface area contributed by atoms with Crippen LogP contribution in [0.25, 0.3) is 0 Å². The van der Waals surface area contributed by atoms with E-state index in [1.165, 1.54) is 0 Å². The van der Waals surface area contributed by atoms with Gasteiger partial charge < -0.3 is 19.5 Å². The number of fused-ring (bicyclic) bond motifs is 1. The highest BCUT2D eigenvalue weighted by molar-refractivity contribution is 6.32. The minimum Gasteiger partial charge on any atom is -0.486 e. The molecule has 4 nitrogen and oxygen atoms in total. The van der Waals surface area contributed by atoms with E-state index in [-0.39, 0.29) is 0 Å². The number of halogens is 1. The molecule has 1 aromatic carbocycles. The highest BCUT2D eigenvalue weighted by atomic mass is 35.5. The molecule has 1 atom stereocenters. The Morgan fingerprint density at radius 1 is 1.37 bits per heavy atom. The number of hydrogen-bond donors (Lipinski definition) is 1. The largest absolute Gasteiger partial charge is 0.486 e. The highest BCUT2D eigenvalue weighted by Crippen LogP contribution is 2.38. The minimum atomic E-state index is 0.484. The van der Waals surface area contributed by atoms with Crippen LogP contribution in [0.3, 0.4) is 0 Å². The third-order valence-electron chi connectivity index (χ3n) is 2.93. The van der Waals surface area contributed by atoms with Crippen molar-refractivity contribution in [2.45, 2.75) is 13.5 Å². The highest BCUT2D eigenvalue weighted by Gasteiger charge is 2.16. The second-order valence-electron chi connectivity index (χ2n) is 4.79. The van der Waals surface area contributed by atoms with Gasteiger partial charge in [0.25, 0.3) is 0 Å². The van der Waals surface area contributed by atoms with Crippen LogP contribution in [0.5, 0.6) is 11.5 Å². The van der Waals surface area contributed by atoms with Crippen molar-refractivity contribution in [3.63, 3.8) is 0 Å². The van der Waals surface area contributed by atoms with Gasteiger partial charge in [-0.3, -0.25) is 0 Å². The smallest absolute Gasteiger partial charge is 0.179 e. The molecule has 2 rings (SSSR count). The first-order valence-electron chi connectivity index (χ1n) is 6.48. The average molecular weight is 286 g/mol. The van der Waals surface area contributed by atoms with Crippen LogP contribution in [0.1, 0.15) is 12.5 Å². The van der Waals surface area contributed by atoms with Crippen LogP contribution in [-0.4, -0.2) is 33.5 Å². The van der Waals surface area contributed by atoms with Crippen LogP contribution in [0.15, 0.2) is 12.1 Å². The lowest BCUT2D eigenvalue weighted by molar-refractivity contribution is 0.158. The lowest BCUT2D eigenvalue weighted by atomic mass is 10.1. The van der Waals surface area contributed by atoms with Gasteiger partial charge in [-0.05, 0) is 23.6 Å². The third kappa shape index (κ3) is 4.00. The zero-order valence-electron chi connectivity index (χ0n) is 11.4. The van der Waals surface area contributed by atoms with Gasteiger partial charge in [-0.15, -0.1) is 0 Å². The number of methoxy groups -OCH3 is 1. The molecule has 0 saturated heterocycles. The third-order valence-corrected chi connectivity index (χ3v) is 3.21. The normalized spacial score (nSPS) is 15.3. The van der Waals surface area contributed by atoms with E-state index in [2.05, 4.69) is 12.2 Å². The Kier molecular flexibility index (Phi) is 5.31. The summed E-state index contributed by atoms with van der Waals surface area (Å²) in [5.74, 6) is 1.88. The van der Waals surface area contributed by atoms with Crippen molar-refractivity contribution < 1.29 is 14.2 Å². The zero-order valence-corrected chi connectivity index (χ0v) is 12.1. The molecule has 19 heavy (non-hydrogen) atoms. The van der Waals surface area contributed by atoms with E-state index in [0.29, 0.717) is 29.9 Å². The topological polar surface area (TPSA) is 39.7 Å². The number of ether oxygens (including phenoxy) is 3. The molecule has 1 aliphatic heterocycles. The summed E-state index contributed by atoms with van der Waals surface area (Å²) < 4.78 is 16.1. The minimum absolute atomic E-state index is 0.484. The second-order valence-corrected chi connectivity index (χ2v) is 5.20. The molecule has 1 aliphatic rings. The molecule has 0 amide bonds. The maximum atomic E-state index is 6.19. The van der Waals surface area contributed by atoms with Gasteiger partial charge in [0, 0.05) is 26.8 Å². The summed E-state index contributed by atoms with van der Waals surface area (Å²) in [6.45, 7) is 5.69. The van der Waals surface area contributed by atoms with E-state index in [4.69, 9.17) is 25.8 Å². The first-order valence-corrected chi connectivity index (χ1v) is 6.86. The van der Waals surface area contributed by atoms with E-state index < -0.39 is 0 Å². The van der Waals surface area contributed by atoms with Crippen LogP contribution in [0, 0.1) is 5.92 Å². The molecule has 1 aromatic rings. The number of hydrogen-bond acceptors (Lipinski definition) is 4. The van der Waals surface area contributed by atoms with Crippen molar-refractivity contribution in [2.24, 2.45) is 5.92 Å². The molecule has 0 aliphatic carbocycles. The van der Waals surface area contributed by atoms with Gasteiger partial charge >= 0.3 is 0 Å². The molecule has 1 unspecified atom stereocenters. The van der Waals surface area contributed by atoms with Gasteiger partial charge in [-0.2, -0.15) is 0 Å². The predicted molar refractivity (Wildman–Crippen MR) is 75.2 cm³/mol. The van der Waals surface area contributed by atoms with Crippen molar-refractivity contribution in [1.82, 2.24) is 5.32 Å². The quantitative estimate of drug-likeness (QED) is 0.872. The number of benzene rings is 1. The van der Waals surface area contributed by atoms with Gasteiger partial charge in [-0.25, -0.2) is 0 Å². The van der Waals surface area contributed by atoms with E-state index in [1.54, 1.807) is 7.11 Å². The van der Waals surface area contributed by atoms with Gasteiger partial charge in [-0.1, -0.05) is 18.5 Å². The molecule has 1 N–H and O–H groups in total. The lowest BCUT2D eigenvalue weighted by Gasteiger charge is -2.20.